The smallest absolute Gasteiger partial charge is 0.0490 e. The highest BCUT2D eigenvalue weighted by Crippen LogP contribution is 1.90. The lowest BCUT2D eigenvalue weighted by Crippen LogP contribution is -2.32. The summed E-state index contributed by atoms with van der Waals surface area (Å²) in [6, 6.07) is 2.30. The summed E-state index contributed by atoms with van der Waals surface area (Å²) in [7, 11) is 0. The van der Waals surface area contributed by atoms with Gasteiger partial charge in [-0.05, 0) is 13.0 Å². The molecule has 0 aliphatic heterocycles. The van der Waals surface area contributed by atoms with Crippen molar-refractivity contribution in [2.24, 2.45) is 5.73 Å². The molecule has 0 aliphatic rings. The molecule has 1 rings (SSSR count). The van der Waals surface area contributed by atoms with Crippen molar-refractivity contribution >= 4 is 0 Å². The molecule has 1 atom stereocenters. The molecular formula is C7H14N4. The Balaban J connectivity index is 2.23. The summed E-state index contributed by atoms with van der Waals surface area (Å²) < 4.78 is 0. The van der Waals surface area contributed by atoms with Crippen molar-refractivity contribution in [3.05, 3.63) is 18.0 Å². The van der Waals surface area contributed by atoms with Crippen LogP contribution >= 0.6 is 0 Å². The Morgan fingerprint density at radius 3 is 3.18 bits per heavy atom. The molecule has 4 N–H and O–H groups in total. The summed E-state index contributed by atoms with van der Waals surface area (Å²) in [5.41, 5.74) is 6.51. The Bertz CT molecular complexity index is 182. The van der Waals surface area contributed by atoms with Crippen LogP contribution in [0.15, 0.2) is 12.3 Å². The van der Waals surface area contributed by atoms with Crippen LogP contribution in [0.25, 0.3) is 0 Å². The largest absolute Gasteiger partial charge is 0.329 e. The first-order valence-corrected chi connectivity index (χ1v) is 3.74. The SMILES string of the molecule is C[C@@H](CN)NCc1ccn[nH]1. The number of nitrogens with zero attached hydrogens (tertiary/aromatic N) is 1. The second kappa shape index (κ2) is 4.10. The average molecular weight is 154 g/mol. The van der Waals surface area contributed by atoms with Gasteiger partial charge in [0.1, 0.15) is 0 Å². The van der Waals surface area contributed by atoms with Gasteiger partial charge in [-0.2, -0.15) is 5.10 Å². The number of nitrogens with one attached hydrogen (secondary N) is 2. The second-order valence-corrected chi connectivity index (χ2v) is 2.60. The number of rotatable bonds is 4. The number of aromatic amines is 1. The quantitative estimate of drug-likeness (QED) is 0.565. The van der Waals surface area contributed by atoms with E-state index in [-0.39, 0.29) is 0 Å². The minimum atomic E-state index is 0.360. The topological polar surface area (TPSA) is 66.7 Å². The van der Waals surface area contributed by atoms with E-state index in [9.17, 15) is 0 Å². The van der Waals surface area contributed by atoms with Gasteiger partial charge in [-0.1, -0.05) is 0 Å². The normalized spacial score (nSPS) is 13.3. The van der Waals surface area contributed by atoms with Crippen molar-refractivity contribution in [2.45, 2.75) is 19.5 Å². The predicted octanol–water partition coefficient (Wildman–Crippen LogP) is -0.154. The Hall–Kier alpha value is -0.870. The highest BCUT2D eigenvalue weighted by Gasteiger charge is 1.97. The van der Waals surface area contributed by atoms with Crippen molar-refractivity contribution in [3.63, 3.8) is 0 Å². The zero-order valence-electron chi connectivity index (χ0n) is 6.67. The van der Waals surface area contributed by atoms with Crippen LogP contribution < -0.4 is 11.1 Å². The maximum absolute atomic E-state index is 5.42. The molecule has 0 spiro atoms. The maximum Gasteiger partial charge on any atom is 0.0490 e. The zero-order valence-corrected chi connectivity index (χ0v) is 6.67. The monoisotopic (exact) mass is 154 g/mol. The number of H-pyrrole nitrogens is 1. The molecule has 4 heteroatoms. The summed E-state index contributed by atoms with van der Waals surface area (Å²) in [5, 5.41) is 9.93. The van der Waals surface area contributed by atoms with E-state index in [1.807, 2.05) is 6.07 Å². The van der Waals surface area contributed by atoms with E-state index in [0.29, 0.717) is 12.6 Å². The molecule has 1 aromatic rings. The van der Waals surface area contributed by atoms with E-state index in [1.54, 1.807) is 6.20 Å². The van der Waals surface area contributed by atoms with E-state index in [2.05, 4.69) is 22.4 Å². The van der Waals surface area contributed by atoms with Gasteiger partial charge in [-0.25, -0.2) is 0 Å². The summed E-state index contributed by atoms with van der Waals surface area (Å²) in [5.74, 6) is 0. The van der Waals surface area contributed by atoms with Gasteiger partial charge >= 0.3 is 0 Å². The minimum absolute atomic E-state index is 0.360. The number of hydrogen-bond acceptors (Lipinski definition) is 3. The Kier molecular flexibility index (Phi) is 3.07. The van der Waals surface area contributed by atoms with Gasteiger partial charge in [0.15, 0.2) is 0 Å². The molecule has 0 bridgehead atoms. The van der Waals surface area contributed by atoms with Gasteiger partial charge in [0.05, 0.1) is 0 Å². The molecular weight excluding hydrogens is 140 g/mol. The van der Waals surface area contributed by atoms with Crippen LogP contribution in [-0.2, 0) is 6.54 Å². The Morgan fingerprint density at radius 2 is 2.64 bits per heavy atom. The van der Waals surface area contributed by atoms with Crippen molar-refractivity contribution in [1.29, 1.82) is 0 Å². The molecule has 0 aromatic carbocycles. The molecule has 0 radical (unpaired) electrons. The van der Waals surface area contributed by atoms with E-state index in [4.69, 9.17) is 5.73 Å². The maximum atomic E-state index is 5.42. The Labute approximate surface area is 66.2 Å². The van der Waals surface area contributed by atoms with Crippen LogP contribution in [0, 0.1) is 0 Å². The number of nitrogens with two attached hydrogens (primary N) is 1. The van der Waals surface area contributed by atoms with Crippen LogP contribution in [0.5, 0.6) is 0 Å². The fourth-order valence-corrected chi connectivity index (χ4v) is 0.751. The zero-order chi connectivity index (χ0) is 8.10. The lowest BCUT2D eigenvalue weighted by molar-refractivity contribution is 0.550. The molecule has 4 nitrogen and oxygen atoms in total. The van der Waals surface area contributed by atoms with E-state index < -0.39 is 0 Å². The third-order valence-corrected chi connectivity index (χ3v) is 1.55. The van der Waals surface area contributed by atoms with Crippen LogP contribution in [0.1, 0.15) is 12.6 Å². The van der Waals surface area contributed by atoms with Gasteiger partial charge in [-0.15, -0.1) is 0 Å². The molecule has 0 fully saturated rings. The van der Waals surface area contributed by atoms with Gasteiger partial charge < -0.3 is 11.1 Å². The van der Waals surface area contributed by atoms with Crippen molar-refractivity contribution < 1.29 is 0 Å². The summed E-state index contributed by atoms with van der Waals surface area (Å²) in [6.45, 7) is 3.52. The molecule has 1 heterocycles. The van der Waals surface area contributed by atoms with E-state index >= 15 is 0 Å². The number of aromatic nitrogens is 2. The summed E-state index contributed by atoms with van der Waals surface area (Å²) in [6.07, 6.45) is 1.74. The fourth-order valence-electron chi connectivity index (χ4n) is 0.751. The molecule has 0 amide bonds. The minimum Gasteiger partial charge on any atom is -0.329 e. The van der Waals surface area contributed by atoms with Crippen LogP contribution in [-0.4, -0.2) is 22.8 Å². The van der Waals surface area contributed by atoms with E-state index in [0.717, 1.165) is 12.2 Å². The standard InChI is InChI=1S/C7H14N4/c1-6(4-8)9-5-7-2-3-10-11-7/h2-3,6,9H,4-5,8H2,1H3,(H,10,11)/t6-/m0/s1. The lowest BCUT2D eigenvalue weighted by Gasteiger charge is -2.08. The van der Waals surface area contributed by atoms with Gasteiger partial charge in [0.2, 0.25) is 0 Å². The molecule has 1 aromatic heterocycles. The van der Waals surface area contributed by atoms with Crippen molar-refractivity contribution in [2.75, 3.05) is 6.54 Å². The molecule has 11 heavy (non-hydrogen) atoms. The fraction of sp³-hybridized carbons (Fsp3) is 0.571. The molecule has 0 unspecified atom stereocenters. The summed E-state index contributed by atoms with van der Waals surface area (Å²) >= 11 is 0. The predicted molar refractivity (Wildman–Crippen MR) is 43.9 cm³/mol. The molecule has 0 aliphatic carbocycles. The first kappa shape index (κ1) is 8.23. The third-order valence-electron chi connectivity index (χ3n) is 1.55. The molecule has 62 valence electrons. The van der Waals surface area contributed by atoms with Crippen LogP contribution in [0.4, 0.5) is 0 Å². The Morgan fingerprint density at radius 1 is 1.82 bits per heavy atom. The molecule has 0 saturated carbocycles. The van der Waals surface area contributed by atoms with Gasteiger partial charge in [0.25, 0.3) is 0 Å². The van der Waals surface area contributed by atoms with E-state index in [1.165, 1.54) is 0 Å². The third kappa shape index (κ3) is 2.69. The average Bonchev–Trinajstić information content (AvgIpc) is 2.52. The molecule has 0 saturated heterocycles. The number of hydrogen-bond donors (Lipinski definition) is 3. The summed E-state index contributed by atoms with van der Waals surface area (Å²) in [4.78, 5) is 0. The second-order valence-electron chi connectivity index (χ2n) is 2.60. The first-order valence-electron chi connectivity index (χ1n) is 3.74. The van der Waals surface area contributed by atoms with Crippen LogP contribution in [0.2, 0.25) is 0 Å². The highest BCUT2D eigenvalue weighted by molar-refractivity contribution is 4.96. The van der Waals surface area contributed by atoms with Crippen molar-refractivity contribution in [3.8, 4) is 0 Å². The van der Waals surface area contributed by atoms with Crippen molar-refractivity contribution in [1.82, 2.24) is 15.5 Å². The van der Waals surface area contributed by atoms with Gasteiger partial charge in [-0.3, -0.25) is 5.10 Å². The van der Waals surface area contributed by atoms with Gasteiger partial charge in [0, 0.05) is 31.0 Å². The lowest BCUT2D eigenvalue weighted by atomic mass is 10.3. The first-order chi connectivity index (χ1) is 5.33. The van der Waals surface area contributed by atoms with Crippen LogP contribution in [0.3, 0.4) is 0 Å². The highest BCUT2D eigenvalue weighted by atomic mass is 15.1.